The van der Waals surface area contributed by atoms with Crippen molar-refractivity contribution in [3.05, 3.63) is 34.9 Å². The molecule has 0 unspecified atom stereocenters. The quantitative estimate of drug-likeness (QED) is 0.820. The van der Waals surface area contributed by atoms with E-state index in [1.165, 1.54) is 18.4 Å². The van der Waals surface area contributed by atoms with Crippen LogP contribution in [0, 0.1) is 6.92 Å². The number of aryl methyl sites for hydroxylation is 1. The summed E-state index contributed by atoms with van der Waals surface area (Å²) in [5.74, 6) is -0.868. The Morgan fingerprint density at radius 1 is 1.47 bits per heavy atom. The molecule has 4 nitrogen and oxygen atoms in total. The molecule has 0 spiro atoms. The minimum atomic E-state index is -0.868. The molecule has 1 aliphatic rings. The third-order valence-electron chi connectivity index (χ3n) is 3.61. The molecule has 104 valence electrons. The zero-order chi connectivity index (χ0) is 13.8. The van der Waals surface area contributed by atoms with Crippen LogP contribution in [0.25, 0.3) is 0 Å². The van der Waals surface area contributed by atoms with Crippen LogP contribution in [0.5, 0.6) is 0 Å². The second-order valence-corrected chi connectivity index (χ2v) is 5.14. The number of rotatable bonds is 7. The minimum absolute atomic E-state index is 0.358. The van der Waals surface area contributed by atoms with E-state index in [1.807, 2.05) is 13.0 Å². The van der Waals surface area contributed by atoms with Gasteiger partial charge >= 0.3 is 5.97 Å². The number of methoxy groups -OCH3 is 1. The van der Waals surface area contributed by atoms with Crippen LogP contribution in [0.3, 0.4) is 0 Å². The van der Waals surface area contributed by atoms with Crippen LogP contribution in [-0.2, 0) is 11.3 Å². The van der Waals surface area contributed by atoms with Crippen LogP contribution < -0.4 is 0 Å². The average Bonchev–Trinajstić information content (AvgIpc) is 3.20. The first-order chi connectivity index (χ1) is 9.11. The molecule has 1 fully saturated rings. The van der Waals surface area contributed by atoms with Gasteiger partial charge in [-0.15, -0.1) is 0 Å². The van der Waals surface area contributed by atoms with Gasteiger partial charge in [-0.3, -0.25) is 4.90 Å². The van der Waals surface area contributed by atoms with Crippen LogP contribution in [0.15, 0.2) is 18.2 Å². The largest absolute Gasteiger partial charge is 0.478 e. The van der Waals surface area contributed by atoms with Crippen molar-refractivity contribution in [2.45, 2.75) is 32.4 Å². The lowest BCUT2D eigenvalue weighted by atomic mass is 10.0. The van der Waals surface area contributed by atoms with E-state index in [4.69, 9.17) is 9.84 Å². The lowest BCUT2D eigenvalue weighted by Gasteiger charge is -2.22. The molecular formula is C15H21NO3. The lowest BCUT2D eigenvalue weighted by molar-refractivity contribution is 0.0696. The average molecular weight is 263 g/mol. The topological polar surface area (TPSA) is 49.8 Å². The smallest absolute Gasteiger partial charge is 0.335 e. The Morgan fingerprint density at radius 3 is 2.74 bits per heavy atom. The number of hydrogen-bond donors (Lipinski definition) is 1. The van der Waals surface area contributed by atoms with E-state index in [-0.39, 0.29) is 0 Å². The Kier molecular flexibility index (Phi) is 4.56. The van der Waals surface area contributed by atoms with E-state index in [0.29, 0.717) is 11.6 Å². The molecule has 1 aliphatic carbocycles. The van der Waals surface area contributed by atoms with E-state index in [1.54, 1.807) is 19.2 Å². The fraction of sp³-hybridized carbons (Fsp3) is 0.533. The number of carboxylic acids is 1. The van der Waals surface area contributed by atoms with E-state index < -0.39 is 5.97 Å². The summed E-state index contributed by atoms with van der Waals surface area (Å²) < 4.78 is 5.15. The number of carboxylic acid groups (broad SMARTS) is 1. The Labute approximate surface area is 114 Å². The standard InChI is InChI=1S/C15H21NO3/c1-11-9-12(15(17)18)3-4-13(11)10-16(7-8-19-2)14-5-6-14/h3-4,9,14H,5-8,10H2,1-2H3,(H,17,18). The van der Waals surface area contributed by atoms with Gasteiger partial charge < -0.3 is 9.84 Å². The Bertz CT molecular complexity index is 455. The van der Waals surface area contributed by atoms with Crippen LogP contribution in [0.1, 0.15) is 34.3 Å². The van der Waals surface area contributed by atoms with Gasteiger partial charge in [-0.1, -0.05) is 6.07 Å². The molecule has 0 bridgehead atoms. The van der Waals surface area contributed by atoms with E-state index in [0.717, 1.165) is 25.3 Å². The first-order valence-corrected chi connectivity index (χ1v) is 6.67. The lowest BCUT2D eigenvalue weighted by Crippen LogP contribution is -2.29. The minimum Gasteiger partial charge on any atom is -0.478 e. The highest BCUT2D eigenvalue weighted by Crippen LogP contribution is 2.28. The number of hydrogen-bond acceptors (Lipinski definition) is 3. The van der Waals surface area contributed by atoms with Crippen molar-refractivity contribution in [3.8, 4) is 0 Å². The first kappa shape index (κ1) is 14.0. The van der Waals surface area contributed by atoms with Gasteiger partial charge in [0, 0.05) is 26.2 Å². The maximum Gasteiger partial charge on any atom is 0.335 e. The van der Waals surface area contributed by atoms with E-state index in [9.17, 15) is 4.79 Å². The van der Waals surface area contributed by atoms with Crippen molar-refractivity contribution in [2.75, 3.05) is 20.3 Å². The van der Waals surface area contributed by atoms with E-state index >= 15 is 0 Å². The maximum absolute atomic E-state index is 10.9. The molecule has 0 heterocycles. The van der Waals surface area contributed by atoms with Gasteiger partial charge in [-0.25, -0.2) is 4.79 Å². The summed E-state index contributed by atoms with van der Waals surface area (Å²) in [6, 6.07) is 6.04. The molecule has 1 aromatic carbocycles. The summed E-state index contributed by atoms with van der Waals surface area (Å²) in [4.78, 5) is 13.3. The molecule has 0 aromatic heterocycles. The normalized spacial score (nSPS) is 14.9. The number of aromatic carboxylic acids is 1. The number of ether oxygens (including phenoxy) is 1. The van der Waals surface area contributed by atoms with Gasteiger partial charge in [0.1, 0.15) is 0 Å². The zero-order valence-corrected chi connectivity index (χ0v) is 11.6. The summed E-state index contributed by atoms with van der Waals surface area (Å²) in [6.07, 6.45) is 2.52. The summed E-state index contributed by atoms with van der Waals surface area (Å²) in [7, 11) is 1.72. The summed E-state index contributed by atoms with van der Waals surface area (Å²) in [5, 5.41) is 8.97. The summed E-state index contributed by atoms with van der Waals surface area (Å²) in [6.45, 7) is 4.52. The predicted molar refractivity (Wildman–Crippen MR) is 73.4 cm³/mol. The van der Waals surface area contributed by atoms with Gasteiger partial charge in [0.15, 0.2) is 0 Å². The number of benzene rings is 1. The van der Waals surface area contributed by atoms with Crippen molar-refractivity contribution < 1.29 is 14.6 Å². The molecule has 0 aliphatic heterocycles. The SMILES string of the molecule is COCCN(Cc1ccc(C(=O)O)cc1C)C1CC1. The first-order valence-electron chi connectivity index (χ1n) is 6.67. The Balaban J connectivity index is 2.06. The fourth-order valence-corrected chi connectivity index (χ4v) is 2.26. The number of carbonyl (C=O) groups is 1. The molecule has 1 aromatic rings. The molecule has 1 saturated carbocycles. The zero-order valence-electron chi connectivity index (χ0n) is 11.6. The maximum atomic E-state index is 10.9. The van der Waals surface area contributed by atoms with Crippen LogP contribution in [0.4, 0.5) is 0 Å². The van der Waals surface area contributed by atoms with Gasteiger partial charge in [-0.2, -0.15) is 0 Å². The molecule has 0 amide bonds. The molecule has 4 heteroatoms. The van der Waals surface area contributed by atoms with E-state index in [2.05, 4.69) is 4.90 Å². The van der Waals surface area contributed by atoms with Crippen molar-refractivity contribution >= 4 is 5.97 Å². The highest BCUT2D eigenvalue weighted by atomic mass is 16.5. The second kappa shape index (κ2) is 6.17. The summed E-state index contributed by atoms with van der Waals surface area (Å²) in [5.41, 5.74) is 2.60. The summed E-state index contributed by atoms with van der Waals surface area (Å²) >= 11 is 0. The molecule has 2 rings (SSSR count). The van der Waals surface area contributed by atoms with Crippen LogP contribution >= 0.6 is 0 Å². The van der Waals surface area contributed by atoms with Gasteiger partial charge in [0.2, 0.25) is 0 Å². The van der Waals surface area contributed by atoms with Crippen LogP contribution in [0.2, 0.25) is 0 Å². The third-order valence-corrected chi connectivity index (χ3v) is 3.61. The van der Waals surface area contributed by atoms with Crippen molar-refractivity contribution in [2.24, 2.45) is 0 Å². The fourth-order valence-electron chi connectivity index (χ4n) is 2.26. The molecule has 0 atom stereocenters. The third kappa shape index (κ3) is 3.78. The highest BCUT2D eigenvalue weighted by molar-refractivity contribution is 5.87. The Hall–Kier alpha value is -1.39. The second-order valence-electron chi connectivity index (χ2n) is 5.14. The molecule has 0 saturated heterocycles. The number of nitrogens with zero attached hydrogens (tertiary/aromatic N) is 1. The molecule has 1 N–H and O–H groups in total. The van der Waals surface area contributed by atoms with Gasteiger partial charge in [0.05, 0.1) is 12.2 Å². The monoisotopic (exact) mass is 263 g/mol. The van der Waals surface area contributed by atoms with Gasteiger partial charge in [0.25, 0.3) is 0 Å². The van der Waals surface area contributed by atoms with Crippen LogP contribution in [-0.4, -0.2) is 42.3 Å². The van der Waals surface area contributed by atoms with Crippen molar-refractivity contribution in [1.29, 1.82) is 0 Å². The molecule has 0 radical (unpaired) electrons. The van der Waals surface area contributed by atoms with Crippen molar-refractivity contribution in [3.63, 3.8) is 0 Å². The highest BCUT2D eigenvalue weighted by Gasteiger charge is 2.28. The molecule has 19 heavy (non-hydrogen) atoms. The molecular weight excluding hydrogens is 242 g/mol. The van der Waals surface area contributed by atoms with Crippen molar-refractivity contribution in [1.82, 2.24) is 4.90 Å². The van der Waals surface area contributed by atoms with Gasteiger partial charge in [-0.05, 0) is 43.0 Å². The Morgan fingerprint density at radius 2 is 2.21 bits per heavy atom. The predicted octanol–water partition coefficient (Wildman–Crippen LogP) is 2.30.